The maximum atomic E-state index is 12.6. The standard InChI is InChI=1S/C21H28N2O3S/c1-14(2)19-9-7-8-16(4)21(19)23(27(6,25)26)13-20(24)22-18-11-10-15(3)17(5)12-18/h7-12,14H,13H2,1-6H3,(H,22,24). The summed E-state index contributed by atoms with van der Waals surface area (Å²) in [5.74, 6) is -0.242. The Bertz CT molecular complexity index is 950. The van der Waals surface area contributed by atoms with Crippen molar-refractivity contribution in [1.29, 1.82) is 0 Å². The molecule has 0 atom stereocenters. The summed E-state index contributed by atoms with van der Waals surface area (Å²) in [6.45, 7) is 9.58. The number of rotatable bonds is 6. The highest BCUT2D eigenvalue weighted by Crippen LogP contribution is 2.32. The summed E-state index contributed by atoms with van der Waals surface area (Å²) in [6.07, 6.45) is 1.13. The van der Waals surface area contributed by atoms with Crippen LogP contribution in [-0.2, 0) is 14.8 Å². The highest BCUT2D eigenvalue weighted by molar-refractivity contribution is 7.92. The topological polar surface area (TPSA) is 66.5 Å². The van der Waals surface area contributed by atoms with Gasteiger partial charge in [0.25, 0.3) is 0 Å². The normalized spacial score (nSPS) is 11.5. The van der Waals surface area contributed by atoms with E-state index in [-0.39, 0.29) is 18.4 Å². The zero-order valence-electron chi connectivity index (χ0n) is 16.8. The Morgan fingerprint density at radius 1 is 1.04 bits per heavy atom. The van der Waals surface area contributed by atoms with Crippen LogP contribution in [0.1, 0.15) is 42.0 Å². The molecule has 0 aliphatic rings. The molecule has 6 heteroatoms. The van der Waals surface area contributed by atoms with E-state index in [0.29, 0.717) is 11.4 Å². The van der Waals surface area contributed by atoms with Gasteiger partial charge in [-0.3, -0.25) is 9.10 Å². The first-order valence-electron chi connectivity index (χ1n) is 8.95. The lowest BCUT2D eigenvalue weighted by Gasteiger charge is -2.27. The predicted octanol–water partition coefficient (Wildman–Crippen LogP) is 4.14. The number of anilines is 2. The number of sulfonamides is 1. The lowest BCUT2D eigenvalue weighted by atomic mass is 9.98. The van der Waals surface area contributed by atoms with E-state index in [4.69, 9.17) is 0 Å². The number of amides is 1. The van der Waals surface area contributed by atoms with Crippen LogP contribution in [0.3, 0.4) is 0 Å². The number of nitrogens with one attached hydrogen (secondary N) is 1. The molecule has 0 bridgehead atoms. The lowest BCUT2D eigenvalue weighted by molar-refractivity contribution is -0.114. The Hall–Kier alpha value is -2.34. The number of benzene rings is 2. The van der Waals surface area contributed by atoms with Crippen molar-refractivity contribution in [2.75, 3.05) is 22.4 Å². The van der Waals surface area contributed by atoms with E-state index >= 15 is 0 Å². The molecule has 1 N–H and O–H groups in total. The molecule has 5 nitrogen and oxygen atoms in total. The van der Waals surface area contributed by atoms with Crippen molar-refractivity contribution < 1.29 is 13.2 Å². The van der Waals surface area contributed by atoms with E-state index in [1.165, 1.54) is 4.31 Å². The molecule has 0 unspecified atom stereocenters. The molecule has 0 aliphatic heterocycles. The van der Waals surface area contributed by atoms with Crippen LogP contribution in [-0.4, -0.2) is 27.1 Å². The van der Waals surface area contributed by atoms with Crippen molar-refractivity contribution in [3.63, 3.8) is 0 Å². The average Bonchev–Trinajstić information content (AvgIpc) is 2.55. The van der Waals surface area contributed by atoms with Crippen molar-refractivity contribution in [2.24, 2.45) is 0 Å². The van der Waals surface area contributed by atoms with E-state index in [2.05, 4.69) is 5.32 Å². The first-order chi connectivity index (χ1) is 12.5. The fourth-order valence-corrected chi connectivity index (χ4v) is 3.93. The number of hydrogen-bond donors (Lipinski definition) is 1. The Kier molecular flexibility index (Phi) is 6.31. The number of nitrogens with zero attached hydrogens (tertiary/aromatic N) is 1. The van der Waals surface area contributed by atoms with Gasteiger partial charge >= 0.3 is 0 Å². The minimum absolute atomic E-state index is 0.131. The molecule has 0 saturated heterocycles. The van der Waals surface area contributed by atoms with Gasteiger partial charge in [-0.1, -0.05) is 38.1 Å². The molecule has 0 saturated carbocycles. The smallest absolute Gasteiger partial charge is 0.245 e. The Labute approximate surface area is 162 Å². The monoisotopic (exact) mass is 388 g/mol. The largest absolute Gasteiger partial charge is 0.325 e. The zero-order chi connectivity index (χ0) is 20.4. The van der Waals surface area contributed by atoms with Gasteiger partial charge in [-0.2, -0.15) is 0 Å². The Balaban J connectivity index is 2.36. The first-order valence-corrected chi connectivity index (χ1v) is 10.8. The molecule has 1 amide bonds. The second-order valence-corrected chi connectivity index (χ2v) is 9.19. The highest BCUT2D eigenvalue weighted by atomic mass is 32.2. The summed E-state index contributed by atoms with van der Waals surface area (Å²) in [7, 11) is -3.63. The summed E-state index contributed by atoms with van der Waals surface area (Å²) < 4.78 is 26.2. The van der Waals surface area contributed by atoms with Gasteiger partial charge in [0.1, 0.15) is 6.54 Å². The van der Waals surface area contributed by atoms with Crippen molar-refractivity contribution in [2.45, 2.75) is 40.5 Å². The molecule has 27 heavy (non-hydrogen) atoms. The van der Waals surface area contributed by atoms with Crippen LogP contribution in [0.15, 0.2) is 36.4 Å². The van der Waals surface area contributed by atoms with Crippen LogP contribution >= 0.6 is 0 Å². The number of aryl methyl sites for hydroxylation is 3. The maximum absolute atomic E-state index is 12.6. The molecule has 0 aromatic heterocycles. The van der Waals surface area contributed by atoms with E-state index in [9.17, 15) is 13.2 Å². The quantitative estimate of drug-likeness (QED) is 0.809. The number of carbonyl (C=O) groups excluding carboxylic acids is 1. The van der Waals surface area contributed by atoms with Crippen molar-refractivity contribution in [3.05, 3.63) is 58.7 Å². The number of hydrogen-bond acceptors (Lipinski definition) is 3. The molecular weight excluding hydrogens is 360 g/mol. The fourth-order valence-electron chi connectivity index (χ4n) is 3.00. The molecule has 146 valence electrons. The van der Waals surface area contributed by atoms with E-state index in [1.807, 2.05) is 71.0 Å². The summed E-state index contributed by atoms with van der Waals surface area (Å²) in [5.41, 5.74) is 5.17. The molecule has 0 spiro atoms. The minimum Gasteiger partial charge on any atom is -0.325 e. The van der Waals surface area contributed by atoms with Gasteiger partial charge in [0, 0.05) is 5.69 Å². The third-order valence-corrected chi connectivity index (χ3v) is 5.73. The second-order valence-electron chi connectivity index (χ2n) is 7.28. The van der Waals surface area contributed by atoms with Crippen LogP contribution in [0.25, 0.3) is 0 Å². The van der Waals surface area contributed by atoms with Crippen molar-refractivity contribution in [3.8, 4) is 0 Å². The molecular formula is C21H28N2O3S. The summed E-state index contributed by atoms with van der Waals surface area (Å²) >= 11 is 0. The van der Waals surface area contributed by atoms with Crippen LogP contribution in [0, 0.1) is 20.8 Å². The molecule has 0 aliphatic carbocycles. The Morgan fingerprint density at radius 3 is 2.26 bits per heavy atom. The molecule has 0 radical (unpaired) electrons. The van der Waals surface area contributed by atoms with Crippen LogP contribution in [0.4, 0.5) is 11.4 Å². The average molecular weight is 389 g/mol. The molecule has 0 fully saturated rings. The van der Waals surface area contributed by atoms with Gasteiger partial charge in [0.2, 0.25) is 15.9 Å². The predicted molar refractivity (Wildman–Crippen MR) is 112 cm³/mol. The second kappa shape index (κ2) is 8.13. The lowest BCUT2D eigenvalue weighted by Crippen LogP contribution is -2.38. The summed E-state index contributed by atoms with van der Waals surface area (Å²) in [6, 6.07) is 11.3. The van der Waals surface area contributed by atoms with Crippen molar-refractivity contribution in [1.82, 2.24) is 0 Å². The van der Waals surface area contributed by atoms with Gasteiger partial charge in [-0.15, -0.1) is 0 Å². The third-order valence-electron chi connectivity index (χ3n) is 4.62. The van der Waals surface area contributed by atoms with E-state index in [0.717, 1.165) is 28.5 Å². The van der Waals surface area contributed by atoms with Gasteiger partial charge in [0.05, 0.1) is 11.9 Å². The van der Waals surface area contributed by atoms with Crippen LogP contribution in [0.5, 0.6) is 0 Å². The van der Waals surface area contributed by atoms with Gasteiger partial charge in [0.15, 0.2) is 0 Å². The molecule has 2 aromatic carbocycles. The van der Waals surface area contributed by atoms with E-state index < -0.39 is 10.0 Å². The van der Waals surface area contributed by atoms with Gasteiger partial charge in [-0.25, -0.2) is 8.42 Å². The highest BCUT2D eigenvalue weighted by Gasteiger charge is 2.25. The maximum Gasteiger partial charge on any atom is 0.245 e. The summed E-state index contributed by atoms with van der Waals surface area (Å²) in [4.78, 5) is 12.6. The number of carbonyl (C=O) groups is 1. The zero-order valence-corrected chi connectivity index (χ0v) is 17.6. The van der Waals surface area contributed by atoms with E-state index in [1.54, 1.807) is 0 Å². The van der Waals surface area contributed by atoms with Crippen molar-refractivity contribution >= 4 is 27.3 Å². The van der Waals surface area contributed by atoms with Crippen LogP contribution < -0.4 is 9.62 Å². The SMILES string of the molecule is Cc1ccc(NC(=O)CN(c2c(C)cccc2C(C)C)S(C)(=O)=O)cc1C. The molecule has 0 heterocycles. The first kappa shape index (κ1) is 21.0. The minimum atomic E-state index is -3.63. The fraction of sp³-hybridized carbons (Fsp3) is 0.381. The third kappa shape index (κ3) is 5.10. The summed E-state index contributed by atoms with van der Waals surface area (Å²) in [5, 5.41) is 2.81. The van der Waals surface area contributed by atoms with Gasteiger partial charge in [-0.05, 0) is 61.1 Å². The molecule has 2 aromatic rings. The number of para-hydroxylation sites is 1. The van der Waals surface area contributed by atoms with Gasteiger partial charge < -0.3 is 5.32 Å². The molecule has 2 rings (SSSR count). The Morgan fingerprint density at radius 2 is 1.70 bits per heavy atom. The van der Waals surface area contributed by atoms with Crippen LogP contribution in [0.2, 0.25) is 0 Å².